The number of carbonyl (C=O) groups excluding carboxylic acids is 1. The van der Waals surface area contributed by atoms with Gasteiger partial charge in [0.05, 0.1) is 0 Å². The fraction of sp³-hybridized carbons (Fsp3) is 0.909. The molecule has 0 aromatic rings. The van der Waals surface area contributed by atoms with Gasteiger partial charge in [0, 0.05) is 13.0 Å². The first-order chi connectivity index (χ1) is 6.24. The van der Waals surface area contributed by atoms with Gasteiger partial charge < -0.3 is 5.32 Å². The zero-order chi connectivity index (χ0) is 9.68. The number of hydrogen-bond acceptors (Lipinski definition) is 1. The summed E-state index contributed by atoms with van der Waals surface area (Å²) in [4.78, 5) is 11.3. The summed E-state index contributed by atoms with van der Waals surface area (Å²) in [5.74, 6) is 1.21. The molecule has 2 nitrogen and oxygen atoms in total. The zero-order valence-corrected chi connectivity index (χ0v) is 8.81. The minimum Gasteiger partial charge on any atom is -0.359 e. The normalized spacial score (nSPS) is 21.1. The number of hydrogen-bond donors (Lipinski definition) is 1. The molecule has 1 aliphatic rings. The third-order valence-corrected chi connectivity index (χ3v) is 3.11. The van der Waals surface area contributed by atoms with E-state index in [1.165, 1.54) is 32.1 Å². The van der Waals surface area contributed by atoms with Crippen LogP contribution in [0.25, 0.3) is 0 Å². The van der Waals surface area contributed by atoms with Crippen LogP contribution in [0.1, 0.15) is 45.4 Å². The van der Waals surface area contributed by atoms with Crippen LogP contribution in [0, 0.1) is 11.8 Å². The second-order valence-electron chi connectivity index (χ2n) is 4.26. The quantitative estimate of drug-likeness (QED) is 0.715. The van der Waals surface area contributed by atoms with Crippen molar-refractivity contribution in [1.29, 1.82) is 0 Å². The van der Waals surface area contributed by atoms with Crippen molar-refractivity contribution >= 4 is 5.91 Å². The summed E-state index contributed by atoms with van der Waals surface area (Å²) < 4.78 is 0. The molecule has 1 saturated carbocycles. The molecule has 1 amide bonds. The maximum atomic E-state index is 11.3. The third kappa shape index (κ3) is 3.37. The monoisotopic (exact) mass is 183 g/mol. The van der Waals surface area contributed by atoms with E-state index in [-0.39, 0.29) is 11.8 Å². The minimum atomic E-state index is 0.200. The van der Waals surface area contributed by atoms with E-state index in [0.29, 0.717) is 0 Å². The van der Waals surface area contributed by atoms with Gasteiger partial charge in [-0.15, -0.1) is 0 Å². The zero-order valence-electron chi connectivity index (χ0n) is 8.81. The number of carbonyl (C=O) groups is 1. The number of amides is 1. The standard InChI is InChI=1S/C11H21NO/c1-9(11(13)12-2)8-10-6-4-3-5-7-10/h9-10H,3-8H2,1-2H3,(H,12,13). The van der Waals surface area contributed by atoms with Crippen molar-refractivity contribution in [3.05, 3.63) is 0 Å². The molecule has 0 aromatic carbocycles. The van der Waals surface area contributed by atoms with E-state index in [4.69, 9.17) is 0 Å². The molecule has 13 heavy (non-hydrogen) atoms. The molecule has 76 valence electrons. The topological polar surface area (TPSA) is 29.1 Å². The molecule has 2 heteroatoms. The molecule has 0 bridgehead atoms. The SMILES string of the molecule is CNC(=O)C(C)CC1CCCCC1. The van der Waals surface area contributed by atoms with E-state index in [2.05, 4.69) is 5.32 Å². The average molecular weight is 183 g/mol. The van der Waals surface area contributed by atoms with Crippen molar-refractivity contribution in [2.75, 3.05) is 7.05 Å². The Balaban J connectivity index is 2.25. The predicted molar refractivity (Wildman–Crippen MR) is 54.4 cm³/mol. The Labute approximate surface area is 81.1 Å². The van der Waals surface area contributed by atoms with Crippen LogP contribution < -0.4 is 5.32 Å². The first kappa shape index (κ1) is 10.6. The molecule has 0 aromatic heterocycles. The van der Waals surface area contributed by atoms with Gasteiger partial charge in [-0.1, -0.05) is 39.0 Å². The van der Waals surface area contributed by atoms with Gasteiger partial charge in [-0.25, -0.2) is 0 Å². The Bertz CT molecular complexity index is 161. The van der Waals surface area contributed by atoms with Crippen LogP contribution >= 0.6 is 0 Å². The van der Waals surface area contributed by atoms with Crippen molar-refractivity contribution in [2.24, 2.45) is 11.8 Å². The Morgan fingerprint density at radius 2 is 2.00 bits per heavy atom. The van der Waals surface area contributed by atoms with E-state index in [0.717, 1.165) is 12.3 Å². The molecule has 0 aliphatic heterocycles. The molecular formula is C11H21NO. The van der Waals surface area contributed by atoms with Crippen molar-refractivity contribution in [3.8, 4) is 0 Å². The van der Waals surface area contributed by atoms with Crippen LogP contribution in [0.5, 0.6) is 0 Å². The van der Waals surface area contributed by atoms with Crippen LogP contribution in [0.3, 0.4) is 0 Å². The van der Waals surface area contributed by atoms with Crippen LogP contribution in [0.4, 0.5) is 0 Å². The average Bonchev–Trinajstić information content (AvgIpc) is 2.18. The molecule has 1 unspecified atom stereocenters. The Hall–Kier alpha value is -0.530. The van der Waals surface area contributed by atoms with Gasteiger partial charge in [-0.3, -0.25) is 4.79 Å². The molecule has 1 aliphatic carbocycles. The molecule has 1 N–H and O–H groups in total. The van der Waals surface area contributed by atoms with Crippen molar-refractivity contribution < 1.29 is 4.79 Å². The van der Waals surface area contributed by atoms with Gasteiger partial charge in [-0.2, -0.15) is 0 Å². The minimum absolute atomic E-state index is 0.200. The van der Waals surface area contributed by atoms with E-state index in [1.54, 1.807) is 7.05 Å². The Morgan fingerprint density at radius 3 is 2.54 bits per heavy atom. The van der Waals surface area contributed by atoms with E-state index >= 15 is 0 Å². The lowest BCUT2D eigenvalue weighted by molar-refractivity contribution is -0.124. The highest BCUT2D eigenvalue weighted by Crippen LogP contribution is 2.28. The van der Waals surface area contributed by atoms with E-state index in [9.17, 15) is 4.79 Å². The highest BCUT2D eigenvalue weighted by atomic mass is 16.1. The first-order valence-corrected chi connectivity index (χ1v) is 5.45. The van der Waals surface area contributed by atoms with Gasteiger partial charge in [0.1, 0.15) is 0 Å². The molecule has 1 atom stereocenters. The lowest BCUT2D eigenvalue weighted by Gasteiger charge is -2.23. The van der Waals surface area contributed by atoms with Crippen molar-refractivity contribution in [3.63, 3.8) is 0 Å². The molecule has 1 rings (SSSR count). The summed E-state index contributed by atoms with van der Waals surface area (Å²) in [6.07, 6.45) is 7.88. The summed E-state index contributed by atoms with van der Waals surface area (Å²) in [5.41, 5.74) is 0. The Kier molecular flexibility index (Phi) is 4.26. The van der Waals surface area contributed by atoms with Gasteiger partial charge >= 0.3 is 0 Å². The van der Waals surface area contributed by atoms with Gasteiger partial charge in [0.15, 0.2) is 0 Å². The second kappa shape index (κ2) is 5.25. The highest BCUT2D eigenvalue weighted by Gasteiger charge is 2.19. The van der Waals surface area contributed by atoms with Gasteiger partial charge in [-0.05, 0) is 12.3 Å². The summed E-state index contributed by atoms with van der Waals surface area (Å²) in [5, 5.41) is 2.72. The fourth-order valence-electron chi connectivity index (χ4n) is 2.28. The second-order valence-corrected chi connectivity index (χ2v) is 4.26. The van der Waals surface area contributed by atoms with E-state index in [1.807, 2.05) is 6.92 Å². The van der Waals surface area contributed by atoms with Crippen molar-refractivity contribution in [2.45, 2.75) is 45.4 Å². The molecule has 0 heterocycles. The summed E-state index contributed by atoms with van der Waals surface area (Å²) in [7, 11) is 1.72. The fourth-order valence-corrected chi connectivity index (χ4v) is 2.28. The summed E-state index contributed by atoms with van der Waals surface area (Å²) >= 11 is 0. The number of rotatable bonds is 3. The number of nitrogens with one attached hydrogen (secondary N) is 1. The Morgan fingerprint density at radius 1 is 1.38 bits per heavy atom. The molecule has 1 fully saturated rings. The van der Waals surface area contributed by atoms with Gasteiger partial charge in [0.25, 0.3) is 0 Å². The predicted octanol–water partition coefficient (Wildman–Crippen LogP) is 2.34. The molecule has 0 saturated heterocycles. The maximum absolute atomic E-state index is 11.3. The largest absolute Gasteiger partial charge is 0.359 e. The molecule has 0 spiro atoms. The van der Waals surface area contributed by atoms with Crippen molar-refractivity contribution in [1.82, 2.24) is 5.32 Å². The van der Waals surface area contributed by atoms with E-state index < -0.39 is 0 Å². The maximum Gasteiger partial charge on any atom is 0.222 e. The summed E-state index contributed by atoms with van der Waals surface area (Å²) in [6, 6.07) is 0. The summed E-state index contributed by atoms with van der Waals surface area (Å²) in [6.45, 7) is 2.04. The highest BCUT2D eigenvalue weighted by molar-refractivity contribution is 5.77. The third-order valence-electron chi connectivity index (χ3n) is 3.11. The van der Waals surface area contributed by atoms with Crippen LogP contribution in [-0.2, 0) is 4.79 Å². The van der Waals surface area contributed by atoms with Crippen LogP contribution in [-0.4, -0.2) is 13.0 Å². The van der Waals surface area contributed by atoms with Crippen LogP contribution in [0.2, 0.25) is 0 Å². The smallest absolute Gasteiger partial charge is 0.222 e. The van der Waals surface area contributed by atoms with Crippen LogP contribution in [0.15, 0.2) is 0 Å². The first-order valence-electron chi connectivity index (χ1n) is 5.45. The van der Waals surface area contributed by atoms with Gasteiger partial charge in [0.2, 0.25) is 5.91 Å². The lowest BCUT2D eigenvalue weighted by Crippen LogP contribution is -2.27. The molecular weight excluding hydrogens is 162 g/mol. The molecule has 0 radical (unpaired) electrons. The lowest BCUT2D eigenvalue weighted by atomic mass is 9.83.